The molecule has 0 amide bonds. The van der Waals surface area contributed by atoms with Gasteiger partial charge in [0.25, 0.3) is 0 Å². The Morgan fingerprint density at radius 1 is 0.353 bits per heavy atom. The molecule has 1 fully saturated rings. The molecule has 9 rings (SSSR count). The van der Waals surface area contributed by atoms with Gasteiger partial charge in [-0.1, -0.05) is 410 Å². The van der Waals surface area contributed by atoms with E-state index < -0.39 is 0 Å². The van der Waals surface area contributed by atoms with Gasteiger partial charge in [0.2, 0.25) is 0 Å². The number of unbranched alkanes of at least 4 members (excludes halogenated alkanes) is 4. The van der Waals surface area contributed by atoms with Crippen molar-refractivity contribution in [1.29, 1.82) is 0 Å². The number of carbonyl (C=O) groups excluding carboxylic acids is 8. The van der Waals surface area contributed by atoms with Crippen LogP contribution in [0.3, 0.4) is 0 Å². The molecular formula is C128H194O10S. The number of hydrogen-bond donors (Lipinski definition) is 0. The minimum atomic E-state index is 0.0451. The van der Waals surface area contributed by atoms with Gasteiger partial charge in [-0.2, -0.15) is 0 Å². The predicted molar refractivity (Wildman–Crippen MR) is 599 cm³/mol. The molecule has 0 aliphatic heterocycles. The molecule has 1 aliphatic rings. The first kappa shape index (κ1) is 130. The number of Topliss-reactive ketones (excluding diaryl/α,β-unsaturated/α-hetero) is 8. The standard InChI is InChI=1S/C15H22O.C15H18.C14H20O.C14H26O.C14H20O.C13H18O2.C13H24O.C11H14O2.C11H16S.C8H16O/c1-13(2)15(16)12-8-4-7-11-14-9-5-3-6-10-14;1-12(2)7-8-13-9-10-14-5-3-4-6-15(14)11-13;1-11(2)14(15)6-4-5-13-9-7-12(3)8-10-13;2*1-12(2)14(15)11-7-6-10-13-8-4-3-5-9-13;1-11(2)13(14)9-6-10-15-12-7-4-3-5-8-12;1-10(2)7-6-8-12(5)9-13(14)11(3)4;1-9(2)11(12)8-13-10-6-4-3-5-7-10;1-10(2)8-9-12-11-6-4-3-5-7-11;1-5-7(4)8(9)6(2)3/h3,5-6,9-10,13H,4,7-8,11-12H2,1-2H3;3-6,9-12H,7-8H2,1-2H3;7-11H,4-6H2,1-3H3;12-13H,3-11H2,1-2H3;3-5,8-9,12H,6-7,10-11H2,1-2H3;3-5,7-8,11H,6,9-10H2,1-2H3;7,11-12H,6,8-9H2,1-5H3;3-7,9H,8H2,1-2H3;3-7,10H,8-9H2,1-2H3;6-7H,5H2,1-4H3. The SMILES string of the molecule is CC(C)=CCCC(C)CC(=O)C(C)C.CC(C)C(=O)CCCCC1CCCCC1.CC(C)C(=O)CCCCCc1ccccc1.CC(C)C(=O)CCCCc1ccccc1.CC(C)C(=O)CCCOc1ccccc1.CC(C)C(=O)COc1ccccc1.CC(C)CCSc1ccccc1.CC(C)CCc1ccc2ccccc2c1.CCC(C)C(=O)C(C)C.Cc1ccc(CCCC(=O)C(C)C)cc1. The minimum Gasteiger partial charge on any atom is -0.494 e. The molecule has 0 radical (unpaired) electrons. The highest BCUT2D eigenvalue weighted by Gasteiger charge is 2.18. The van der Waals surface area contributed by atoms with Gasteiger partial charge in [0.1, 0.15) is 58.6 Å². The molecule has 0 bridgehead atoms. The van der Waals surface area contributed by atoms with Crippen molar-refractivity contribution in [2.45, 2.75) is 378 Å². The summed E-state index contributed by atoms with van der Waals surface area (Å²) in [6, 6.07) is 74.5. The molecule has 10 nitrogen and oxygen atoms in total. The van der Waals surface area contributed by atoms with Crippen LogP contribution in [0.15, 0.2) is 235 Å². The Balaban J connectivity index is 0.00000153. The molecule has 2 atom stereocenters. The van der Waals surface area contributed by atoms with Gasteiger partial charge in [-0.3, -0.25) is 38.4 Å². The maximum absolute atomic E-state index is 11.4. The highest BCUT2D eigenvalue weighted by atomic mass is 32.2. The van der Waals surface area contributed by atoms with Gasteiger partial charge in [-0.25, -0.2) is 0 Å². The first-order chi connectivity index (χ1) is 66.1. The number of hydrogen-bond acceptors (Lipinski definition) is 11. The number of ketones is 8. The second kappa shape index (κ2) is 82.6. The summed E-state index contributed by atoms with van der Waals surface area (Å²) in [5.74, 6) is 10.5. The molecule has 2 unspecified atom stereocenters. The average molecular weight is 1930 g/mol. The lowest BCUT2D eigenvalue weighted by Crippen LogP contribution is -2.16. The first-order valence-corrected chi connectivity index (χ1v) is 54.6. The fourth-order valence-corrected chi connectivity index (χ4v) is 15.4. The van der Waals surface area contributed by atoms with E-state index in [-0.39, 0.29) is 65.7 Å². The molecule has 139 heavy (non-hydrogen) atoms. The van der Waals surface area contributed by atoms with Crippen molar-refractivity contribution in [2.75, 3.05) is 19.0 Å². The molecule has 0 saturated heterocycles. The van der Waals surface area contributed by atoms with E-state index in [1.165, 1.54) is 125 Å². The third-order valence-electron chi connectivity index (χ3n) is 24.4. The van der Waals surface area contributed by atoms with Crippen LogP contribution in [0.25, 0.3) is 10.8 Å². The summed E-state index contributed by atoms with van der Waals surface area (Å²) in [5, 5.41) is 2.70. The summed E-state index contributed by atoms with van der Waals surface area (Å²) < 4.78 is 10.8. The van der Waals surface area contributed by atoms with Crippen LogP contribution in [0.4, 0.5) is 0 Å². The van der Waals surface area contributed by atoms with Gasteiger partial charge in [-0.15, -0.1) is 11.8 Å². The molecule has 1 aliphatic carbocycles. The molecule has 8 aromatic rings. The smallest absolute Gasteiger partial charge is 0.172 e. The largest absolute Gasteiger partial charge is 0.494 e. The van der Waals surface area contributed by atoms with E-state index in [9.17, 15) is 38.4 Å². The Hall–Kier alpha value is -8.93. The van der Waals surface area contributed by atoms with Crippen molar-refractivity contribution in [3.8, 4) is 11.5 Å². The van der Waals surface area contributed by atoms with Crippen molar-refractivity contribution in [3.63, 3.8) is 0 Å². The van der Waals surface area contributed by atoms with Crippen LogP contribution in [0.1, 0.15) is 368 Å². The summed E-state index contributed by atoms with van der Waals surface area (Å²) in [5.41, 5.74) is 8.22. The fourth-order valence-electron chi connectivity index (χ4n) is 14.3. The van der Waals surface area contributed by atoms with Crippen LogP contribution in [0.2, 0.25) is 0 Å². The van der Waals surface area contributed by atoms with Gasteiger partial charge in [0.05, 0.1) is 6.61 Å². The number of benzene rings is 8. The highest BCUT2D eigenvalue weighted by Crippen LogP contribution is 2.29. The fraction of sp³-hybridized carbons (Fsp3) is 0.562. The maximum atomic E-state index is 11.4. The van der Waals surface area contributed by atoms with E-state index in [0.717, 1.165) is 138 Å². The Morgan fingerprint density at radius 3 is 1.18 bits per heavy atom. The van der Waals surface area contributed by atoms with E-state index in [1.807, 2.05) is 209 Å². The molecular weight excluding hydrogens is 1730 g/mol. The van der Waals surface area contributed by atoms with Crippen LogP contribution in [-0.4, -0.2) is 65.2 Å². The number of para-hydroxylation sites is 2. The summed E-state index contributed by atoms with van der Waals surface area (Å²) in [6.45, 7) is 53.7. The molecule has 0 heterocycles. The van der Waals surface area contributed by atoms with Gasteiger partial charge in [-0.05, 0) is 222 Å². The number of thioether (sulfide) groups is 1. The minimum absolute atomic E-state index is 0.0451. The lowest BCUT2D eigenvalue weighted by atomic mass is 9.85. The van der Waals surface area contributed by atoms with Crippen LogP contribution < -0.4 is 9.47 Å². The third-order valence-corrected chi connectivity index (χ3v) is 25.4. The quantitative estimate of drug-likeness (QED) is 0.0203. The van der Waals surface area contributed by atoms with Crippen molar-refractivity contribution in [2.24, 2.45) is 76.9 Å². The van der Waals surface area contributed by atoms with E-state index in [4.69, 9.17) is 9.47 Å². The molecule has 8 aromatic carbocycles. The van der Waals surface area contributed by atoms with Gasteiger partial charge >= 0.3 is 0 Å². The summed E-state index contributed by atoms with van der Waals surface area (Å²) >= 11 is 1.95. The number of allylic oxidation sites excluding steroid dienone is 2. The summed E-state index contributed by atoms with van der Waals surface area (Å²) in [4.78, 5) is 91.9. The van der Waals surface area contributed by atoms with Crippen molar-refractivity contribution in [1.82, 2.24) is 0 Å². The molecule has 0 spiro atoms. The molecule has 0 N–H and O–H groups in total. The highest BCUT2D eigenvalue weighted by molar-refractivity contribution is 7.99. The van der Waals surface area contributed by atoms with Crippen molar-refractivity contribution >= 4 is 68.8 Å². The number of carbonyl (C=O) groups is 8. The second-order valence-corrected chi connectivity index (χ2v) is 42.7. The zero-order valence-electron chi connectivity index (χ0n) is 92.2. The topological polar surface area (TPSA) is 155 Å². The van der Waals surface area contributed by atoms with Crippen molar-refractivity contribution in [3.05, 3.63) is 258 Å². The Kier molecular flexibility index (Phi) is 77.3. The summed E-state index contributed by atoms with van der Waals surface area (Å²) in [6.07, 6.45) is 35.1. The number of rotatable bonds is 50. The predicted octanol–water partition coefficient (Wildman–Crippen LogP) is 35.4. The third kappa shape index (κ3) is 73.8. The number of aryl methyl sites for hydroxylation is 5. The molecule has 772 valence electrons. The zero-order valence-corrected chi connectivity index (χ0v) is 93.0. The van der Waals surface area contributed by atoms with Gasteiger partial charge in [0, 0.05) is 96.7 Å². The number of ether oxygens (including phenoxy) is 2. The second-order valence-electron chi connectivity index (χ2n) is 41.5. The molecule has 1 saturated carbocycles. The monoisotopic (exact) mass is 1920 g/mol. The van der Waals surface area contributed by atoms with Gasteiger partial charge < -0.3 is 9.47 Å². The normalized spacial score (nSPS) is 11.9. The maximum Gasteiger partial charge on any atom is 0.172 e. The van der Waals surface area contributed by atoms with Crippen molar-refractivity contribution < 1.29 is 47.8 Å². The first-order valence-electron chi connectivity index (χ1n) is 53.7. The van der Waals surface area contributed by atoms with E-state index >= 15 is 0 Å². The Bertz CT molecular complexity index is 4370. The average Bonchev–Trinajstić information content (AvgIpc) is 0.842. The van der Waals surface area contributed by atoms with E-state index in [1.54, 1.807) is 0 Å². The van der Waals surface area contributed by atoms with Crippen LogP contribution in [0.5, 0.6) is 11.5 Å². The van der Waals surface area contributed by atoms with Crippen LogP contribution in [-0.2, 0) is 64.0 Å². The summed E-state index contributed by atoms with van der Waals surface area (Å²) in [7, 11) is 0. The lowest BCUT2D eigenvalue weighted by molar-refractivity contribution is -0.125. The van der Waals surface area contributed by atoms with Gasteiger partial charge in [0.15, 0.2) is 5.78 Å². The Labute approximate surface area is 853 Å². The van der Waals surface area contributed by atoms with Crippen LogP contribution >= 0.6 is 11.8 Å². The zero-order chi connectivity index (χ0) is 104. The van der Waals surface area contributed by atoms with Crippen LogP contribution in [0, 0.1) is 83.9 Å². The lowest BCUT2D eigenvalue weighted by Gasteiger charge is -2.21. The molecule has 11 heteroatoms. The number of fused-ring (bicyclic) bond motifs is 1. The molecule has 0 aromatic heterocycles. The Morgan fingerprint density at radius 2 is 0.741 bits per heavy atom. The van der Waals surface area contributed by atoms with E-state index in [2.05, 4.69) is 207 Å². The van der Waals surface area contributed by atoms with E-state index in [0.29, 0.717) is 65.8 Å².